The van der Waals surface area contributed by atoms with Crippen LogP contribution in [0.4, 0.5) is 0 Å². The summed E-state index contributed by atoms with van der Waals surface area (Å²) in [5, 5.41) is 14.1. The van der Waals surface area contributed by atoms with Gasteiger partial charge in [0.25, 0.3) is 0 Å². The van der Waals surface area contributed by atoms with Gasteiger partial charge in [0.15, 0.2) is 0 Å². The highest BCUT2D eigenvalue weighted by atomic mass is 14.5. The van der Waals surface area contributed by atoms with Crippen molar-refractivity contribution in [2.24, 2.45) is 5.73 Å². The van der Waals surface area contributed by atoms with Crippen LogP contribution in [-0.4, -0.2) is 11.4 Å². The molecule has 4 N–H and O–H groups in total. The predicted octanol–water partition coefficient (Wildman–Crippen LogP) is 4.16. The highest BCUT2D eigenvalue weighted by molar-refractivity contribution is 6.48. The fourth-order valence-electron chi connectivity index (χ4n) is 1.01. The van der Waals surface area contributed by atoms with Crippen LogP contribution in [0.5, 0.6) is 0 Å². The van der Waals surface area contributed by atoms with Gasteiger partial charge in [0.2, 0.25) is 0 Å². The van der Waals surface area contributed by atoms with Crippen molar-refractivity contribution in [2.45, 2.75) is 27.7 Å². The Morgan fingerprint density at radius 1 is 1.16 bits per heavy atom. The van der Waals surface area contributed by atoms with Crippen LogP contribution in [0, 0.1) is 10.8 Å². The maximum Gasteiger partial charge on any atom is 0.0789 e. The molecule has 0 aromatic rings. The molecule has 0 heterocycles. The Hall–Kier alpha value is -2.16. The molecule has 0 spiro atoms. The van der Waals surface area contributed by atoms with Gasteiger partial charge in [-0.25, -0.2) is 0 Å². The van der Waals surface area contributed by atoms with E-state index in [9.17, 15) is 0 Å². The highest BCUT2D eigenvalue weighted by Crippen LogP contribution is 1.94. The zero-order valence-corrected chi connectivity index (χ0v) is 12.3. The average molecular weight is 259 g/mol. The Bertz CT molecular complexity index is 399. The number of nitrogens with one attached hydrogen (secondary N) is 2. The normalized spacial score (nSPS) is 13.6. The minimum Gasteiger partial charge on any atom is -0.399 e. The first-order valence-electron chi connectivity index (χ1n) is 6.25. The number of rotatable bonds is 2. The Balaban J connectivity index is 0. The zero-order valence-electron chi connectivity index (χ0n) is 12.3. The number of hydrogen-bond donors (Lipinski definition) is 3. The zero-order chi connectivity index (χ0) is 15.3. The molecule has 0 aromatic heterocycles. The Kier molecular flexibility index (Phi) is 12.4. The van der Waals surface area contributed by atoms with Gasteiger partial charge in [-0.3, -0.25) is 10.8 Å². The molecule has 0 fully saturated rings. The summed E-state index contributed by atoms with van der Waals surface area (Å²) >= 11 is 0. The molecule has 0 radical (unpaired) electrons. The van der Waals surface area contributed by atoms with Crippen LogP contribution >= 0.6 is 0 Å². The minimum atomic E-state index is 0.285. The van der Waals surface area contributed by atoms with E-state index in [-0.39, 0.29) is 11.4 Å². The number of nitrogens with two attached hydrogens (primary N) is 1. The SMILES string of the molecule is C=C(C)/C=C(N)\C=C/C.CC.N=C1C=CC=CC1=N. The van der Waals surface area contributed by atoms with Crippen molar-refractivity contribution < 1.29 is 0 Å². The summed E-state index contributed by atoms with van der Waals surface area (Å²) in [4.78, 5) is 0. The second-order valence-corrected chi connectivity index (χ2v) is 3.54. The molecule has 0 amide bonds. The largest absolute Gasteiger partial charge is 0.399 e. The monoisotopic (exact) mass is 259 g/mol. The third-order valence-electron chi connectivity index (χ3n) is 1.70. The lowest BCUT2D eigenvalue weighted by Gasteiger charge is -1.96. The van der Waals surface area contributed by atoms with Crippen LogP contribution in [0.1, 0.15) is 27.7 Å². The van der Waals surface area contributed by atoms with Gasteiger partial charge < -0.3 is 5.73 Å². The predicted molar refractivity (Wildman–Crippen MR) is 87.0 cm³/mol. The standard InChI is InChI=1S/C8H13N.C6H6N2.C2H6/c1-4-5-8(9)6-7(2)3;7-5-3-1-2-4-6(5)8;1-2/h4-6H,2,9H2,1,3H3;1-4,7-8H;1-2H3/b5-4-,8-6+;;. The Labute approximate surface area is 116 Å². The smallest absolute Gasteiger partial charge is 0.0789 e. The van der Waals surface area contributed by atoms with E-state index >= 15 is 0 Å². The van der Waals surface area contributed by atoms with Crippen LogP contribution in [-0.2, 0) is 0 Å². The van der Waals surface area contributed by atoms with E-state index in [0.29, 0.717) is 0 Å². The Morgan fingerprint density at radius 3 is 1.84 bits per heavy atom. The molecular weight excluding hydrogens is 234 g/mol. The molecular formula is C16H25N3. The first-order chi connectivity index (χ1) is 8.97. The van der Waals surface area contributed by atoms with Crippen molar-refractivity contribution in [3.8, 4) is 0 Å². The molecule has 0 aromatic carbocycles. The highest BCUT2D eigenvalue weighted by Gasteiger charge is 1.97. The molecule has 1 rings (SSSR count). The van der Waals surface area contributed by atoms with E-state index in [0.717, 1.165) is 11.3 Å². The van der Waals surface area contributed by atoms with Gasteiger partial charge in [-0.05, 0) is 38.2 Å². The van der Waals surface area contributed by atoms with Gasteiger partial charge in [-0.2, -0.15) is 0 Å². The van der Waals surface area contributed by atoms with Gasteiger partial charge in [0, 0.05) is 5.70 Å². The number of hydrogen-bond acceptors (Lipinski definition) is 3. The third-order valence-corrected chi connectivity index (χ3v) is 1.70. The molecule has 3 nitrogen and oxygen atoms in total. The summed E-state index contributed by atoms with van der Waals surface area (Å²) in [7, 11) is 0. The molecule has 0 saturated carbocycles. The third kappa shape index (κ3) is 12.1. The van der Waals surface area contributed by atoms with E-state index in [1.54, 1.807) is 24.3 Å². The lowest BCUT2D eigenvalue weighted by atomic mass is 10.1. The molecule has 1 aliphatic rings. The summed E-state index contributed by atoms with van der Waals surface area (Å²) in [6.45, 7) is 11.5. The molecule has 19 heavy (non-hydrogen) atoms. The fraction of sp³-hybridized carbons (Fsp3) is 0.250. The van der Waals surface area contributed by atoms with Crippen molar-refractivity contribution in [3.05, 3.63) is 60.4 Å². The lowest BCUT2D eigenvalue weighted by Crippen LogP contribution is -2.06. The van der Waals surface area contributed by atoms with Crippen molar-refractivity contribution >= 4 is 11.4 Å². The van der Waals surface area contributed by atoms with Crippen LogP contribution in [0.15, 0.2) is 60.4 Å². The lowest BCUT2D eigenvalue weighted by molar-refractivity contribution is 1.38. The second-order valence-electron chi connectivity index (χ2n) is 3.54. The van der Waals surface area contributed by atoms with E-state index < -0.39 is 0 Å². The van der Waals surface area contributed by atoms with Gasteiger partial charge in [-0.15, -0.1) is 0 Å². The van der Waals surface area contributed by atoms with Gasteiger partial charge in [0.05, 0.1) is 11.4 Å². The maximum absolute atomic E-state index is 7.03. The molecule has 1 aliphatic carbocycles. The van der Waals surface area contributed by atoms with Gasteiger partial charge >= 0.3 is 0 Å². The minimum absolute atomic E-state index is 0.285. The summed E-state index contributed by atoms with van der Waals surface area (Å²) < 4.78 is 0. The first kappa shape index (κ1) is 19.2. The molecule has 0 aliphatic heterocycles. The number of allylic oxidation sites excluding steroid dienone is 8. The van der Waals surface area contributed by atoms with Crippen molar-refractivity contribution in [1.82, 2.24) is 0 Å². The average Bonchev–Trinajstić information content (AvgIpc) is 2.36. The van der Waals surface area contributed by atoms with Gasteiger partial charge in [-0.1, -0.05) is 44.2 Å². The van der Waals surface area contributed by atoms with E-state index in [1.165, 1.54) is 0 Å². The van der Waals surface area contributed by atoms with Crippen molar-refractivity contribution in [3.63, 3.8) is 0 Å². The second kappa shape index (κ2) is 12.3. The van der Waals surface area contributed by atoms with Crippen molar-refractivity contribution in [1.29, 1.82) is 10.8 Å². The van der Waals surface area contributed by atoms with Crippen LogP contribution < -0.4 is 5.73 Å². The molecule has 3 heteroatoms. The Morgan fingerprint density at radius 2 is 1.58 bits per heavy atom. The summed E-state index contributed by atoms with van der Waals surface area (Å²) in [5.41, 5.74) is 7.80. The quantitative estimate of drug-likeness (QED) is 0.505. The topological polar surface area (TPSA) is 73.7 Å². The fourth-order valence-corrected chi connectivity index (χ4v) is 1.01. The molecule has 0 unspecified atom stereocenters. The van der Waals surface area contributed by atoms with Crippen LogP contribution in [0.3, 0.4) is 0 Å². The molecule has 0 atom stereocenters. The van der Waals surface area contributed by atoms with E-state index in [2.05, 4.69) is 6.58 Å². The molecule has 104 valence electrons. The summed E-state index contributed by atoms with van der Waals surface area (Å²) in [6.07, 6.45) is 12.3. The van der Waals surface area contributed by atoms with Crippen molar-refractivity contribution in [2.75, 3.05) is 0 Å². The van der Waals surface area contributed by atoms with Crippen LogP contribution in [0.2, 0.25) is 0 Å². The van der Waals surface area contributed by atoms with Crippen LogP contribution in [0.25, 0.3) is 0 Å². The van der Waals surface area contributed by atoms with Gasteiger partial charge in [0.1, 0.15) is 0 Å². The van der Waals surface area contributed by atoms with E-state index in [1.807, 2.05) is 45.9 Å². The molecule has 0 bridgehead atoms. The summed E-state index contributed by atoms with van der Waals surface area (Å²) in [5.74, 6) is 0. The first-order valence-corrected chi connectivity index (χ1v) is 6.25. The summed E-state index contributed by atoms with van der Waals surface area (Å²) in [6, 6.07) is 0. The molecule has 0 saturated heterocycles. The van der Waals surface area contributed by atoms with E-state index in [4.69, 9.17) is 16.6 Å². The maximum atomic E-state index is 7.03.